The number of allylic oxidation sites excluding steroid dienone is 4. The van der Waals surface area contributed by atoms with Gasteiger partial charge in [0, 0.05) is 11.8 Å². The predicted octanol–water partition coefficient (Wildman–Crippen LogP) is 1.49. The number of nitrogens with zero attached hydrogens (tertiary/aromatic N) is 2. The number of nitrogens with one attached hydrogen (secondary N) is 2. The van der Waals surface area contributed by atoms with E-state index in [0.717, 1.165) is 0 Å². The molecule has 1 aromatic carbocycles. The molecule has 2 rings (SSSR count). The SMILES string of the molecule is CC(=O)[C@H](NN=C1C=CC(C)=CC1=[N+]([O-])[O-])C(=O)Nc1ccccc1. The van der Waals surface area contributed by atoms with Gasteiger partial charge in [-0.15, -0.1) is 0 Å². The average Bonchev–Trinajstić information content (AvgIpc) is 2.56. The van der Waals surface area contributed by atoms with E-state index in [1.807, 2.05) is 0 Å². The van der Waals surface area contributed by atoms with Crippen LogP contribution in [-0.2, 0) is 9.59 Å². The zero-order chi connectivity index (χ0) is 18.4. The third-order valence-corrected chi connectivity index (χ3v) is 3.35. The van der Waals surface area contributed by atoms with Gasteiger partial charge in [0.1, 0.15) is 0 Å². The lowest BCUT2D eigenvalue weighted by Gasteiger charge is -2.16. The van der Waals surface area contributed by atoms with Crippen LogP contribution in [0.3, 0.4) is 0 Å². The molecular weight excluding hydrogens is 324 g/mol. The highest BCUT2D eigenvalue weighted by Gasteiger charge is 2.24. The molecule has 130 valence electrons. The molecule has 0 heterocycles. The summed E-state index contributed by atoms with van der Waals surface area (Å²) in [6, 6.07) is 7.37. The number of hydrogen-bond acceptors (Lipinski definition) is 6. The summed E-state index contributed by atoms with van der Waals surface area (Å²) in [4.78, 5) is 23.4. The van der Waals surface area contributed by atoms with Gasteiger partial charge in [0.2, 0.25) is 0 Å². The van der Waals surface area contributed by atoms with Crippen LogP contribution in [0.1, 0.15) is 13.8 Å². The number of para-hydroxylation sites is 1. The smallest absolute Gasteiger partial charge is 0.256 e. The lowest BCUT2D eigenvalue weighted by molar-refractivity contribution is -0.375. The highest BCUT2D eigenvalue weighted by Crippen LogP contribution is 2.07. The van der Waals surface area contributed by atoms with Crippen LogP contribution in [0.5, 0.6) is 0 Å². The standard InChI is InChI=1S/C17H17N4O4/c1-11-8-9-14(15(10-11)21(24)25)19-20-16(12(2)22)17(23)18-13-6-4-3-5-7-13/h3-10,16,20H,1-2H3,(H-,18,19,23,24,25)/q-1/t16-/m0/s1. The highest BCUT2D eigenvalue weighted by molar-refractivity contribution is 6.49. The van der Waals surface area contributed by atoms with E-state index in [-0.39, 0.29) is 11.4 Å². The minimum Gasteiger partial charge on any atom is -0.612 e. The van der Waals surface area contributed by atoms with E-state index < -0.39 is 22.6 Å². The molecule has 1 aromatic rings. The molecule has 8 heteroatoms. The minimum atomic E-state index is -1.26. The second kappa shape index (κ2) is 7.91. The number of amides is 1. The minimum absolute atomic E-state index is 0.0364. The first-order chi connectivity index (χ1) is 11.9. The Kier molecular flexibility index (Phi) is 5.67. The molecule has 1 atom stereocenters. The van der Waals surface area contributed by atoms with Crippen molar-refractivity contribution in [2.75, 3.05) is 5.32 Å². The van der Waals surface area contributed by atoms with Gasteiger partial charge in [0.05, 0.1) is 0 Å². The largest absolute Gasteiger partial charge is 0.612 e. The van der Waals surface area contributed by atoms with Crippen LogP contribution in [0.4, 0.5) is 5.69 Å². The maximum absolute atomic E-state index is 12.3. The molecule has 1 aliphatic rings. The number of carbonyl (C=O) groups excluding carboxylic acids is 2. The molecule has 2 N–H and O–H groups in total. The van der Waals surface area contributed by atoms with Crippen molar-refractivity contribution in [1.82, 2.24) is 5.43 Å². The lowest BCUT2D eigenvalue weighted by atomic mass is 10.1. The van der Waals surface area contributed by atoms with E-state index in [9.17, 15) is 20.0 Å². The zero-order valence-corrected chi connectivity index (χ0v) is 13.7. The monoisotopic (exact) mass is 341 g/mol. The second-order valence-corrected chi connectivity index (χ2v) is 5.39. The Balaban J connectivity index is 2.17. The first-order valence-electron chi connectivity index (χ1n) is 7.46. The van der Waals surface area contributed by atoms with Crippen LogP contribution >= 0.6 is 0 Å². The van der Waals surface area contributed by atoms with Crippen LogP contribution in [0, 0.1) is 10.4 Å². The predicted molar refractivity (Wildman–Crippen MR) is 95.0 cm³/mol. The van der Waals surface area contributed by atoms with Gasteiger partial charge in [-0.05, 0) is 37.6 Å². The first kappa shape index (κ1) is 17.9. The molecular formula is C17H17N4O4-. The third-order valence-electron chi connectivity index (χ3n) is 3.35. The summed E-state index contributed by atoms with van der Waals surface area (Å²) >= 11 is 0. The summed E-state index contributed by atoms with van der Waals surface area (Å²) in [6.07, 6.45) is 4.47. The Morgan fingerprint density at radius 2 is 1.84 bits per heavy atom. The fourth-order valence-electron chi connectivity index (χ4n) is 2.08. The van der Waals surface area contributed by atoms with Crippen LogP contribution in [0.15, 0.2) is 59.2 Å². The quantitative estimate of drug-likeness (QED) is 0.364. The van der Waals surface area contributed by atoms with Crippen molar-refractivity contribution in [3.63, 3.8) is 0 Å². The fourth-order valence-corrected chi connectivity index (χ4v) is 2.08. The van der Waals surface area contributed by atoms with Gasteiger partial charge in [0.15, 0.2) is 17.5 Å². The van der Waals surface area contributed by atoms with Crippen LogP contribution in [0.25, 0.3) is 0 Å². The average molecular weight is 341 g/mol. The van der Waals surface area contributed by atoms with Crippen LogP contribution < -0.4 is 10.7 Å². The van der Waals surface area contributed by atoms with Crippen molar-refractivity contribution < 1.29 is 14.5 Å². The summed E-state index contributed by atoms with van der Waals surface area (Å²) < 4.78 is 0. The summed E-state index contributed by atoms with van der Waals surface area (Å²) in [5, 5.41) is 28.7. The molecule has 25 heavy (non-hydrogen) atoms. The van der Waals surface area contributed by atoms with E-state index in [1.54, 1.807) is 43.3 Å². The molecule has 0 aliphatic heterocycles. The summed E-state index contributed by atoms with van der Waals surface area (Å²) in [7, 11) is 0. The van der Waals surface area contributed by atoms with Crippen molar-refractivity contribution in [3.05, 3.63) is 64.5 Å². The van der Waals surface area contributed by atoms with E-state index in [4.69, 9.17) is 0 Å². The molecule has 0 radical (unpaired) electrons. The van der Waals surface area contributed by atoms with E-state index in [1.165, 1.54) is 19.1 Å². The number of Topliss-reactive ketones (excluding diaryl/α,β-unsaturated/α-hetero) is 1. The second-order valence-electron chi connectivity index (χ2n) is 5.39. The van der Waals surface area contributed by atoms with Gasteiger partial charge >= 0.3 is 0 Å². The molecule has 1 aliphatic carbocycles. The normalized spacial score (nSPS) is 16.2. The molecule has 0 spiro atoms. The highest BCUT2D eigenvalue weighted by atomic mass is 16.8. The van der Waals surface area contributed by atoms with Gasteiger partial charge in [-0.25, -0.2) is 0 Å². The van der Waals surface area contributed by atoms with Gasteiger partial charge in [-0.2, -0.15) is 10.0 Å². The van der Waals surface area contributed by atoms with E-state index in [0.29, 0.717) is 11.3 Å². The van der Waals surface area contributed by atoms with Gasteiger partial charge < -0.3 is 15.7 Å². The molecule has 1 amide bonds. The summed E-state index contributed by atoms with van der Waals surface area (Å²) in [6.45, 7) is 2.96. The van der Waals surface area contributed by atoms with Crippen molar-refractivity contribution >= 4 is 28.8 Å². The first-order valence-corrected chi connectivity index (χ1v) is 7.46. The Morgan fingerprint density at radius 3 is 2.44 bits per heavy atom. The van der Waals surface area contributed by atoms with Crippen LogP contribution in [-0.4, -0.2) is 34.1 Å². The third kappa shape index (κ3) is 4.77. The number of anilines is 1. The number of rotatable bonds is 5. The molecule has 0 fully saturated rings. The molecule has 0 saturated carbocycles. The maximum Gasteiger partial charge on any atom is 0.256 e. The molecule has 0 bridgehead atoms. The number of hydrazone groups is 1. The maximum atomic E-state index is 12.3. The molecule has 0 saturated heterocycles. The van der Waals surface area contributed by atoms with Crippen LogP contribution in [0.2, 0.25) is 0 Å². The Morgan fingerprint density at radius 1 is 1.16 bits per heavy atom. The summed E-state index contributed by atoms with van der Waals surface area (Å²) in [5.41, 5.74) is 3.49. The molecule has 0 aromatic heterocycles. The number of ketones is 1. The zero-order valence-electron chi connectivity index (χ0n) is 13.7. The van der Waals surface area contributed by atoms with Gasteiger partial charge in [-0.1, -0.05) is 24.3 Å². The van der Waals surface area contributed by atoms with Crippen molar-refractivity contribution in [3.8, 4) is 0 Å². The van der Waals surface area contributed by atoms with Gasteiger partial charge in [0.25, 0.3) is 11.6 Å². The van der Waals surface area contributed by atoms with Crippen molar-refractivity contribution in [2.45, 2.75) is 19.9 Å². The molecule has 8 nitrogen and oxygen atoms in total. The van der Waals surface area contributed by atoms with E-state index in [2.05, 4.69) is 15.8 Å². The lowest BCUT2D eigenvalue weighted by Crippen LogP contribution is -2.44. The number of hydrogen-bond donors (Lipinski definition) is 2. The van der Waals surface area contributed by atoms with E-state index >= 15 is 0 Å². The Hall–Kier alpha value is -3.42. The van der Waals surface area contributed by atoms with Crippen molar-refractivity contribution in [1.29, 1.82) is 0 Å². The van der Waals surface area contributed by atoms with Crippen molar-refractivity contribution in [2.24, 2.45) is 5.10 Å². The van der Waals surface area contributed by atoms with Gasteiger partial charge in [-0.3, -0.25) is 15.0 Å². The number of carbonyl (C=O) groups is 2. The summed E-state index contributed by atoms with van der Waals surface area (Å²) in [5.74, 6) is -1.07. The molecule has 0 unspecified atom stereocenters. The Bertz CT molecular complexity index is 790. The topological polar surface area (TPSA) is 120 Å². The number of benzene rings is 1. The fraction of sp³-hybridized carbons (Fsp3) is 0.176. The Labute approximate surface area is 144 Å².